The summed E-state index contributed by atoms with van der Waals surface area (Å²) < 4.78 is 0. The number of aldehydes is 1. The van der Waals surface area contributed by atoms with E-state index in [2.05, 4.69) is 5.32 Å². The molecule has 0 unspecified atom stereocenters. The van der Waals surface area contributed by atoms with Crippen molar-refractivity contribution in [2.24, 2.45) is 17.8 Å². The number of nitrogens with one attached hydrogen (secondary N) is 1. The van der Waals surface area contributed by atoms with Gasteiger partial charge >= 0.3 is 5.97 Å². The number of hydrogen-bond donors (Lipinski definition) is 1. The maximum Gasteiger partial charge on any atom is 0.337 e. The number of amides is 3. The zero-order valence-corrected chi connectivity index (χ0v) is 22.5. The predicted molar refractivity (Wildman–Crippen MR) is 139 cm³/mol. The molecule has 3 amide bonds. The van der Waals surface area contributed by atoms with Crippen LogP contribution in [0.2, 0.25) is 0 Å². The monoisotopic (exact) mass is 532 g/mol. The van der Waals surface area contributed by atoms with Crippen LogP contribution < -0.4 is 5.32 Å². The fourth-order valence-electron chi connectivity index (χ4n) is 4.11. The van der Waals surface area contributed by atoms with Gasteiger partial charge in [0.2, 0.25) is 5.91 Å². The van der Waals surface area contributed by atoms with E-state index in [4.69, 9.17) is 4.84 Å². The first-order valence-corrected chi connectivity index (χ1v) is 13.9. The zero-order chi connectivity index (χ0) is 27.4. The number of hydrogen-bond acceptors (Lipinski definition) is 8. The number of benzene rings is 1. The summed E-state index contributed by atoms with van der Waals surface area (Å²) in [6, 6.07) is 8.19. The number of hydroxylamine groups is 2. The lowest BCUT2D eigenvalue weighted by atomic mass is 9.89. The van der Waals surface area contributed by atoms with Crippen molar-refractivity contribution in [3.8, 4) is 0 Å². The largest absolute Gasteiger partial charge is 0.346 e. The van der Waals surface area contributed by atoms with Gasteiger partial charge < -0.3 is 14.9 Å². The van der Waals surface area contributed by atoms with E-state index in [1.165, 1.54) is 0 Å². The van der Waals surface area contributed by atoms with Crippen LogP contribution >= 0.6 is 11.8 Å². The first-order valence-electron chi connectivity index (χ1n) is 12.5. The molecule has 2 rings (SSSR count). The highest BCUT2D eigenvalue weighted by Gasteiger charge is 2.36. The normalized spacial score (nSPS) is 15.8. The highest BCUT2D eigenvalue weighted by molar-refractivity contribution is 7.98. The Bertz CT molecular complexity index is 951. The Morgan fingerprint density at radius 1 is 1.08 bits per heavy atom. The maximum atomic E-state index is 13.4. The van der Waals surface area contributed by atoms with Gasteiger partial charge in [-0.2, -0.15) is 11.8 Å². The van der Waals surface area contributed by atoms with E-state index in [9.17, 15) is 28.8 Å². The lowest BCUT2D eigenvalue weighted by Crippen LogP contribution is -2.46. The molecule has 1 aromatic carbocycles. The quantitative estimate of drug-likeness (QED) is 0.254. The molecule has 0 aromatic heterocycles. The molecule has 1 N–H and O–H groups in total. The first-order chi connectivity index (χ1) is 17.7. The number of thioether (sulfide) groups is 1. The number of nitrogens with zero attached hydrogens (tertiary/aromatic N) is 1. The number of imide groups is 1. The lowest BCUT2D eigenvalue weighted by molar-refractivity contribution is -0.200. The van der Waals surface area contributed by atoms with Crippen molar-refractivity contribution in [1.29, 1.82) is 0 Å². The van der Waals surface area contributed by atoms with Crippen LogP contribution in [0.3, 0.4) is 0 Å². The number of Topliss-reactive ketones (excluding diaryl/α,β-unsaturated/α-hetero) is 1. The van der Waals surface area contributed by atoms with E-state index < -0.39 is 35.7 Å². The summed E-state index contributed by atoms with van der Waals surface area (Å²) in [5, 5.41) is 3.29. The van der Waals surface area contributed by atoms with Crippen LogP contribution in [-0.2, 0) is 40.0 Å². The fourth-order valence-corrected chi connectivity index (χ4v) is 4.63. The molecule has 0 aliphatic carbocycles. The van der Waals surface area contributed by atoms with Gasteiger partial charge in [0.05, 0.1) is 12.0 Å². The summed E-state index contributed by atoms with van der Waals surface area (Å²) in [6.07, 6.45) is 3.40. The van der Waals surface area contributed by atoms with Crippen LogP contribution in [0.15, 0.2) is 30.3 Å². The molecule has 202 valence electrons. The number of carbonyl (C=O) groups excluding carboxylic acids is 6. The van der Waals surface area contributed by atoms with Crippen molar-refractivity contribution in [3.63, 3.8) is 0 Å². The van der Waals surface area contributed by atoms with Crippen molar-refractivity contribution in [2.75, 3.05) is 12.0 Å². The van der Waals surface area contributed by atoms with Gasteiger partial charge in [0, 0.05) is 31.6 Å². The molecule has 0 radical (unpaired) electrons. The van der Waals surface area contributed by atoms with E-state index in [-0.39, 0.29) is 49.7 Å². The summed E-state index contributed by atoms with van der Waals surface area (Å²) in [6.45, 7) is 3.84. The van der Waals surface area contributed by atoms with E-state index >= 15 is 0 Å². The van der Waals surface area contributed by atoms with E-state index in [1.54, 1.807) is 36.0 Å². The average Bonchev–Trinajstić information content (AvgIpc) is 3.18. The molecule has 3 atom stereocenters. The van der Waals surface area contributed by atoms with Crippen LogP contribution in [0.5, 0.6) is 0 Å². The second kappa shape index (κ2) is 15.3. The van der Waals surface area contributed by atoms with Gasteiger partial charge in [0.15, 0.2) is 5.78 Å². The Labute approximate surface area is 222 Å². The standard InChI is InChI=1S/C27H36N2O7S/c1-18(2)15-22(28-26(34)20(11-13-30)12-14-37-3)23(31)17-21(16-19-7-5-4-6-8-19)27(35)36-29-24(32)9-10-25(29)33/h4-8,13,18,20-22H,9-12,14-17H2,1-3H3,(H,28,34)/t20-,21+,22-/m0/s1. The molecule has 1 fully saturated rings. The molecule has 0 spiro atoms. The van der Waals surface area contributed by atoms with Gasteiger partial charge in [-0.15, -0.1) is 5.06 Å². The summed E-state index contributed by atoms with van der Waals surface area (Å²) in [4.78, 5) is 79.6. The van der Waals surface area contributed by atoms with E-state index in [1.807, 2.05) is 26.2 Å². The van der Waals surface area contributed by atoms with Gasteiger partial charge in [-0.1, -0.05) is 44.2 Å². The SMILES string of the molecule is CSCC[C@H](CC=O)C(=O)N[C@@H](CC(C)C)C(=O)C[C@@H](Cc1ccccc1)C(=O)ON1C(=O)CCC1=O. The van der Waals surface area contributed by atoms with Crippen molar-refractivity contribution in [1.82, 2.24) is 10.4 Å². The van der Waals surface area contributed by atoms with E-state index in [0.717, 1.165) is 5.56 Å². The van der Waals surface area contributed by atoms with Crippen LogP contribution in [-0.4, -0.2) is 58.9 Å². The van der Waals surface area contributed by atoms with Crippen LogP contribution in [0.4, 0.5) is 0 Å². The summed E-state index contributed by atoms with van der Waals surface area (Å²) in [5.74, 6) is -3.50. The predicted octanol–water partition coefficient (Wildman–Crippen LogP) is 2.90. The molecule has 0 bridgehead atoms. The molecular formula is C27H36N2O7S. The van der Waals surface area contributed by atoms with Crippen molar-refractivity contribution in [3.05, 3.63) is 35.9 Å². The minimum absolute atomic E-state index is 0.0324. The Balaban J connectivity index is 2.21. The smallest absolute Gasteiger partial charge is 0.337 e. The summed E-state index contributed by atoms with van der Waals surface area (Å²) in [5.41, 5.74) is 0.781. The first kappa shape index (κ1) is 30.2. The van der Waals surface area contributed by atoms with Gasteiger partial charge in [0.1, 0.15) is 6.29 Å². The number of ketones is 1. The average molecular weight is 533 g/mol. The molecule has 1 saturated heterocycles. The highest BCUT2D eigenvalue weighted by Crippen LogP contribution is 2.21. The van der Waals surface area contributed by atoms with Crippen LogP contribution in [0.1, 0.15) is 57.9 Å². The lowest BCUT2D eigenvalue weighted by Gasteiger charge is -2.25. The van der Waals surface area contributed by atoms with Crippen LogP contribution in [0.25, 0.3) is 0 Å². The van der Waals surface area contributed by atoms with Gasteiger partial charge in [-0.05, 0) is 42.8 Å². The second-order valence-electron chi connectivity index (χ2n) is 9.62. The fraction of sp³-hybridized carbons (Fsp3) is 0.556. The minimum atomic E-state index is -0.968. The second-order valence-corrected chi connectivity index (χ2v) is 10.6. The van der Waals surface area contributed by atoms with Gasteiger partial charge in [-0.25, -0.2) is 4.79 Å². The Morgan fingerprint density at radius 3 is 2.30 bits per heavy atom. The summed E-state index contributed by atoms with van der Waals surface area (Å²) >= 11 is 1.57. The molecule has 10 heteroatoms. The molecular weight excluding hydrogens is 496 g/mol. The Morgan fingerprint density at radius 2 is 1.73 bits per heavy atom. The molecule has 1 aliphatic heterocycles. The molecule has 1 aliphatic rings. The minimum Gasteiger partial charge on any atom is -0.346 e. The Hall–Kier alpha value is -3.01. The third-order valence-electron chi connectivity index (χ3n) is 6.13. The number of rotatable bonds is 16. The summed E-state index contributed by atoms with van der Waals surface area (Å²) in [7, 11) is 0. The topological polar surface area (TPSA) is 127 Å². The third kappa shape index (κ3) is 9.76. The molecule has 1 aromatic rings. The van der Waals surface area contributed by atoms with Crippen molar-refractivity contribution in [2.45, 2.75) is 64.8 Å². The highest BCUT2D eigenvalue weighted by atomic mass is 32.2. The van der Waals surface area contributed by atoms with Crippen molar-refractivity contribution >= 4 is 47.5 Å². The molecule has 37 heavy (non-hydrogen) atoms. The molecule has 9 nitrogen and oxygen atoms in total. The van der Waals surface area contributed by atoms with Gasteiger partial charge in [-0.3, -0.25) is 19.2 Å². The zero-order valence-electron chi connectivity index (χ0n) is 21.6. The molecule has 0 saturated carbocycles. The third-order valence-corrected chi connectivity index (χ3v) is 6.77. The van der Waals surface area contributed by atoms with Gasteiger partial charge in [0.25, 0.3) is 11.8 Å². The number of carbonyl (C=O) groups is 6. The maximum absolute atomic E-state index is 13.4. The van der Waals surface area contributed by atoms with Crippen molar-refractivity contribution < 1.29 is 33.6 Å². The van der Waals surface area contributed by atoms with Crippen LogP contribution in [0, 0.1) is 17.8 Å². The van der Waals surface area contributed by atoms with E-state index in [0.29, 0.717) is 29.9 Å². The Kier molecular flexibility index (Phi) is 12.5. The molecule has 1 heterocycles.